The van der Waals surface area contributed by atoms with Crippen LogP contribution in [0.3, 0.4) is 0 Å². The molecule has 4 heteroatoms. The molecular formula is C15H21ClO3. The number of halogens is 1. The molecule has 3 nitrogen and oxygen atoms in total. The Morgan fingerprint density at radius 2 is 1.95 bits per heavy atom. The molecule has 0 radical (unpaired) electrons. The molecule has 1 atom stereocenters. The van der Waals surface area contributed by atoms with E-state index in [1.807, 2.05) is 13.8 Å². The maximum atomic E-state index is 10.3. The molecule has 19 heavy (non-hydrogen) atoms. The molecule has 1 aromatic carbocycles. The fourth-order valence-electron chi connectivity index (χ4n) is 2.88. The van der Waals surface area contributed by atoms with Gasteiger partial charge in [0.25, 0.3) is 0 Å². The molecule has 0 bridgehead atoms. The number of hydrogen-bond acceptors (Lipinski definition) is 3. The highest BCUT2D eigenvalue weighted by Crippen LogP contribution is 2.54. The molecular weight excluding hydrogens is 264 g/mol. The maximum absolute atomic E-state index is 10.3. The first-order chi connectivity index (χ1) is 8.92. The number of fused-ring (bicyclic) bond motifs is 1. The lowest BCUT2D eigenvalue weighted by atomic mass is 9.86. The van der Waals surface area contributed by atoms with E-state index < -0.39 is 6.10 Å². The third-order valence-electron chi connectivity index (χ3n) is 3.54. The molecule has 0 aliphatic heterocycles. The van der Waals surface area contributed by atoms with Crippen LogP contribution in [0.5, 0.6) is 11.5 Å². The van der Waals surface area contributed by atoms with E-state index in [1.54, 1.807) is 6.07 Å². The molecule has 1 N–H and O–H groups in total. The Labute approximate surface area is 119 Å². The predicted molar refractivity (Wildman–Crippen MR) is 76.4 cm³/mol. The lowest BCUT2D eigenvalue weighted by molar-refractivity contribution is 0.156. The summed E-state index contributed by atoms with van der Waals surface area (Å²) in [5.41, 5.74) is 1.62. The number of aliphatic hydroxyl groups is 1. The van der Waals surface area contributed by atoms with E-state index in [2.05, 4.69) is 13.8 Å². The Morgan fingerprint density at radius 3 is 2.53 bits per heavy atom. The van der Waals surface area contributed by atoms with Crippen molar-refractivity contribution in [2.24, 2.45) is 0 Å². The van der Waals surface area contributed by atoms with E-state index in [0.29, 0.717) is 36.2 Å². The summed E-state index contributed by atoms with van der Waals surface area (Å²) in [7, 11) is 0. The third-order valence-corrected chi connectivity index (χ3v) is 3.83. The molecule has 0 unspecified atom stereocenters. The normalized spacial score (nSPS) is 20.2. The van der Waals surface area contributed by atoms with Gasteiger partial charge >= 0.3 is 0 Å². The highest BCUT2D eigenvalue weighted by atomic mass is 35.5. The summed E-state index contributed by atoms with van der Waals surface area (Å²) in [6.45, 7) is 9.07. The zero-order valence-corrected chi connectivity index (χ0v) is 12.7. The summed E-state index contributed by atoms with van der Waals surface area (Å²) in [6, 6.07) is 1.80. The van der Waals surface area contributed by atoms with Gasteiger partial charge in [-0.15, -0.1) is 0 Å². The molecule has 1 aliphatic carbocycles. The van der Waals surface area contributed by atoms with Crippen LogP contribution in [0.25, 0.3) is 0 Å². The van der Waals surface area contributed by atoms with Crippen molar-refractivity contribution in [1.82, 2.24) is 0 Å². The highest BCUT2D eigenvalue weighted by Gasteiger charge is 2.41. The standard InChI is InChI=1S/C15H21ClO3/c1-5-18-11-7-9(16)13-12(14(11)19-6-2)10(17)8-15(13,3)4/h7,10,17H,5-6,8H2,1-4H3/t10-/m0/s1. The highest BCUT2D eigenvalue weighted by molar-refractivity contribution is 6.32. The van der Waals surface area contributed by atoms with Gasteiger partial charge in [0.15, 0.2) is 11.5 Å². The van der Waals surface area contributed by atoms with Crippen LogP contribution in [0.15, 0.2) is 6.07 Å². The predicted octanol–water partition coefficient (Wildman–Crippen LogP) is 3.85. The molecule has 0 spiro atoms. The fourth-order valence-corrected chi connectivity index (χ4v) is 3.33. The molecule has 0 fully saturated rings. The van der Waals surface area contributed by atoms with Crippen LogP contribution in [-0.4, -0.2) is 18.3 Å². The summed E-state index contributed by atoms with van der Waals surface area (Å²) in [5, 5.41) is 11.0. The lowest BCUT2D eigenvalue weighted by Gasteiger charge is -2.22. The number of rotatable bonds is 4. The van der Waals surface area contributed by atoms with Crippen LogP contribution in [0.2, 0.25) is 5.02 Å². The zero-order valence-electron chi connectivity index (χ0n) is 11.9. The smallest absolute Gasteiger partial charge is 0.167 e. The van der Waals surface area contributed by atoms with Crippen LogP contribution in [0.1, 0.15) is 51.3 Å². The van der Waals surface area contributed by atoms with Crippen molar-refractivity contribution in [2.75, 3.05) is 13.2 Å². The van der Waals surface area contributed by atoms with Gasteiger partial charge in [-0.05, 0) is 31.2 Å². The lowest BCUT2D eigenvalue weighted by Crippen LogP contribution is -2.13. The van der Waals surface area contributed by atoms with Gasteiger partial charge in [-0.25, -0.2) is 0 Å². The van der Waals surface area contributed by atoms with Crippen molar-refractivity contribution in [3.63, 3.8) is 0 Å². The molecule has 0 saturated heterocycles. The van der Waals surface area contributed by atoms with E-state index in [-0.39, 0.29) is 5.41 Å². The Hall–Kier alpha value is -0.930. The van der Waals surface area contributed by atoms with Gasteiger partial charge in [0.1, 0.15) is 0 Å². The topological polar surface area (TPSA) is 38.7 Å². The first-order valence-electron chi connectivity index (χ1n) is 6.72. The van der Waals surface area contributed by atoms with Crippen molar-refractivity contribution < 1.29 is 14.6 Å². The van der Waals surface area contributed by atoms with Crippen molar-refractivity contribution >= 4 is 11.6 Å². The Balaban J connectivity index is 2.66. The van der Waals surface area contributed by atoms with E-state index in [9.17, 15) is 5.11 Å². The monoisotopic (exact) mass is 284 g/mol. The van der Waals surface area contributed by atoms with Gasteiger partial charge in [0.05, 0.1) is 19.3 Å². The minimum Gasteiger partial charge on any atom is -0.490 e. The second-order valence-electron chi connectivity index (χ2n) is 5.44. The van der Waals surface area contributed by atoms with Gasteiger partial charge in [-0.1, -0.05) is 25.4 Å². The molecule has 2 rings (SSSR count). The molecule has 0 amide bonds. The Bertz CT molecular complexity index is 483. The molecule has 0 aromatic heterocycles. The average molecular weight is 285 g/mol. The Kier molecular flexibility index (Phi) is 3.98. The van der Waals surface area contributed by atoms with E-state index in [0.717, 1.165) is 11.1 Å². The average Bonchev–Trinajstić information content (AvgIpc) is 2.55. The molecule has 106 valence electrons. The maximum Gasteiger partial charge on any atom is 0.167 e. The summed E-state index contributed by atoms with van der Waals surface area (Å²) in [6.07, 6.45) is 0.0991. The second-order valence-corrected chi connectivity index (χ2v) is 5.85. The summed E-state index contributed by atoms with van der Waals surface area (Å²) < 4.78 is 11.3. The van der Waals surface area contributed by atoms with Crippen molar-refractivity contribution in [3.05, 3.63) is 22.2 Å². The SMILES string of the molecule is CCOc1cc(Cl)c2c(c1OCC)[C@@H](O)CC2(C)C. The van der Waals surface area contributed by atoms with Gasteiger partial charge in [0.2, 0.25) is 0 Å². The van der Waals surface area contributed by atoms with E-state index in [4.69, 9.17) is 21.1 Å². The van der Waals surface area contributed by atoms with Crippen molar-refractivity contribution in [1.29, 1.82) is 0 Å². The minimum atomic E-state index is -0.551. The molecule has 1 aromatic rings. The van der Waals surface area contributed by atoms with Crippen LogP contribution >= 0.6 is 11.6 Å². The largest absolute Gasteiger partial charge is 0.490 e. The summed E-state index contributed by atoms with van der Waals surface area (Å²) in [5.74, 6) is 1.26. The van der Waals surface area contributed by atoms with Crippen molar-refractivity contribution in [2.45, 2.75) is 45.6 Å². The Morgan fingerprint density at radius 1 is 1.32 bits per heavy atom. The molecule has 0 saturated carbocycles. The third kappa shape index (κ3) is 2.41. The zero-order chi connectivity index (χ0) is 14.2. The van der Waals surface area contributed by atoms with Crippen molar-refractivity contribution in [3.8, 4) is 11.5 Å². The van der Waals surface area contributed by atoms with Gasteiger partial charge < -0.3 is 14.6 Å². The first-order valence-corrected chi connectivity index (χ1v) is 7.10. The number of benzene rings is 1. The summed E-state index contributed by atoms with van der Waals surface area (Å²) in [4.78, 5) is 0. The molecule has 0 heterocycles. The molecule has 1 aliphatic rings. The summed E-state index contributed by atoms with van der Waals surface area (Å²) >= 11 is 6.39. The fraction of sp³-hybridized carbons (Fsp3) is 0.600. The van der Waals surface area contributed by atoms with Crippen LogP contribution in [-0.2, 0) is 5.41 Å². The van der Waals surface area contributed by atoms with Gasteiger partial charge in [-0.2, -0.15) is 0 Å². The minimum absolute atomic E-state index is 0.150. The quantitative estimate of drug-likeness (QED) is 0.913. The number of hydrogen-bond donors (Lipinski definition) is 1. The first kappa shape index (κ1) is 14.5. The van der Waals surface area contributed by atoms with Crippen LogP contribution < -0.4 is 9.47 Å². The van der Waals surface area contributed by atoms with Crippen LogP contribution in [0, 0.1) is 0 Å². The van der Waals surface area contributed by atoms with Gasteiger partial charge in [-0.3, -0.25) is 0 Å². The van der Waals surface area contributed by atoms with Gasteiger partial charge in [0, 0.05) is 16.7 Å². The number of ether oxygens (including phenoxy) is 2. The van der Waals surface area contributed by atoms with E-state index >= 15 is 0 Å². The second kappa shape index (κ2) is 5.22. The van der Waals surface area contributed by atoms with E-state index in [1.165, 1.54) is 0 Å². The van der Waals surface area contributed by atoms with Crippen LogP contribution in [0.4, 0.5) is 0 Å². The number of aliphatic hydroxyl groups excluding tert-OH is 1.